The Kier molecular flexibility index (Phi) is 5.25. The molecule has 2 aliphatic rings. The molecule has 5 heteroatoms. The minimum Gasteiger partial charge on any atom is -0.392 e. The standard InChI is InChI=1S/C16H22N2O2.ClH/c1-11-7-13(12-5-3-2-4-6-12)10-18(11)16(20)15-8-14(19)9-17-15;/h2-6,11,13-15,17,19H,7-10H2,1H3;1H. The lowest BCUT2D eigenvalue weighted by Gasteiger charge is -2.25. The van der Waals surface area contributed by atoms with Crippen molar-refractivity contribution in [1.29, 1.82) is 0 Å². The van der Waals surface area contributed by atoms with Crippen molar-refractivity contribution in [2.45, 2.75) is 43.9 Å². The SMILES string of the molecule is CC1CC(c2ccccc2)CN1C(=O)C1CC(O)CN1.Cl. The smallest absolute Gasteiger partial charge is 0.240 e. The summed E-state index contributed by atoms with van der Waals surface area (Å²) in [6.07, 6.45) is 1.18. The van der Waals surface area contributed by atoms with E-state index < -0.39 is 0 Å². The maximum atomic E-state index is 12.5. The van der Waals surface area contributed by atoms with Crippen LogP contribution in [0, 0.1) is 0 Å². The molecule has 2 fully saturated rings. The molecule has 0 radical (unpaired) electrons. The Hall–Kier alpha value is -1.10. The molecule has 2 N–H and O–H groups in total. The van der Waals surface area contributed by atoms with E-state index in [2.05, 4.69) is 36.5 Å². The summed E-state index contributed by atoms with van der Waals surface area (Å²) in [6.45, 7) is 3.44. The van der Waals surface area contributed by atoms with Crippen LogP contribution in [0.5, 0.6) is 0 Å². The van der Waals surface area contributed by atoms with E-state index in [1.165, 1.54) is 5.56 Å². The second kappa shape index (κ2) is 6.77. The van der Waals surface area contributed by atoms with Gasteiger partial charge in [0.15, 0.2) is 0 Å². The lowest BCUT2D eigenvalue weighted by Crippen LogP contribution is -2.45. The number of amides is 1. The van der Waals surface area contributed by atoms with Crippen LogP contribution in [-0.2, 0) is 4.79 Å². The maximum Gasteiger partial charge on any atom is 0.240 e. The molecule has 0 aromatic heterocycles. The highest BCUT2D eigenvalue weighted by Gasteiger charge is 2.38. The molecular weight excluding hydrogens is 288 g/mol. The summed E-state index contributed by atoms with van der Waals surface area (Å²) in [5.41, 5.74) is 1.31. The largest absolute Gasteiger partial charge is 0.392 e. The molecular formula is C16H23ClN2O2. The highest BCUT2D eigenvalue weighted by atomic mass is 35.5. The summed E-state index contributed by atoms with van der Waals surface area (Å²) in [4.78, 5) is 14.5. The van der Waals surface area contributed by atoms with E-state index in [0.717, 1.165) is 13.0 Å². The van der Waals surface area contributed by atoms with E-state index in [9.17, 15) is 9.90 Å². The summed E-state index contributed by atoms with van der Waals surface area (Å²) >= 11 is 0. The molecule has 4 unspecified atom stereocenters. The number of β-amino-alcohol motifs (C(OH)–C–C–N with tert-alkyl or cyclic N) is 1. The highest BCUT2D eigenvalue weighted by Crippen LogP contribution is 2.32. The molecule has 4 atom stereocenters. The molecule has 2 aliphatic heterocycles. The van der Waals surface area contributed by atoms with Gasteiger partial charge in [-0.15, -0.1) is 12.4 Å². The predicted octanol–water partition coefficient (Wildman–Crippen LogP) is 1.54. The molecule has 2 saturated heterocycles. The topological polar surface area (TPSA) is 52.6 Å². The van der Waals surface area contributed by atoms with Gasteiger partial charge in [-0.2, -0.15) is 0 Å². The van der Waals surface area contributed by atoms with Crippen molar-refractivity contribution in [1.82, 2.24) is 10.2 Å². The number of likely N-dealkylation sites (tertiary alicyclic amines) is 1. The number of nitrogens with one attached hydrogen (secondary N) is 1. The van der Waals surface area contributed by atoms with Crippen LogP contribution in [-0.4, -0.2) is 47.2 Å². The van der Waals surface area contributed by atoms with Crippen molar-refractivity contribution >= 4 is 18.3 Å². The van der Waals surface area contributed by atoms with Crippen LogP contribution in [0.2, 0.25) is 0 Å². The number of halogens is 1. The Balaban J connectivity index is 0.00000161. The number of aliphatic hydroxyl groups is 1. The highest BCUT2D eigenvalue weighted by molar-refractivity contribution is 5.85. The van der Waals surface area contributed by atoms with Crippen LogP contribution in [0.4, 0.5) is 0 Å². The fourth-order valence-corrected chi connectivity index (χ4v) is 3.41. The number of carbonyl (C=O) groups excluding carboxylic acids is 1. The molecule has 0 saturated carbocycles. The monoisotopic (exact) mass is 310 g/mol. The average molecular weight is 311 g/mol. The van der Waals surface area contributed by atoms with E-state index in [1.54, 1.807) is 0 Å². The van der Waals surface area contributed by atoms with Crippen LogP contribution in [0.25, 0.3) is 0 Å². The van der Waals surface area contributed by atoms with Gasteiger partial charge in [-0.25, -0.2) is 0 Å². The van der Waals surface area contributed by atoms with Gasteiger partial charge in [-0.3, -0.25) is 4.79 Å². The minimum absolute atomic E-state index is 0. The molecule has 0 spiro atoms. The van der Waals surface area contributed by atoms with Gasteiger partial charge in [0.2, 0.25) is 5.91 Å². The summed E-state index contributed by atoms with van der Waals surface area (Å²) in [7, 11) is 0. The average Bonchev–Trinajstić information content (AvgIpc) is 3.05. The zero-order chi connectivity index (χ0) is 14.1. The Morgan fingerprint density at radius 1 is 1.29 bits per heavy atom. The van der Waals surface area contributed by atoms with Gasteiger partial charge in [0.25, 0.3) is 0 Å². The first-order chi connectivity index (χ1) is 9.65. The van der Waals surface area contributed by atoms with E-state index in [4.69, 9.17) is 0 Å². The molecule has 0 aliphatic carbocycles. The Morgan fingerprint density at radius 2 is 2.00 bits per heavy atom. The molecule has 0 bridgehead atoms. The van der Waals surface area contributed by atoms with Gasteiger partial charge in [0.1, 0.15) is 0 Å². The van der Waals surface area contributed by atoms with E-state index in [1.807, 2.05) is 11.0 Å². The van der Waals surface area contributed by atoms with E-state index in [0.29, 0.717) is 18.9 Å². The first-order valence-corrected chi connectivity index (χ1v) is 7.42. The van der Waals surface area contributed by atoms with Crippen molar-refractivity contribution in [3.63, 3.8) is 0 Å². The number of hydrogen-bond acceptors (Lipinski definition) is 3. The maximum absolute atomic E-state index is 12.5. The lowest BCUT2D eigenvalue weighted by atomic mass is 9.97. The van der Waals surface area contributed by atoms with E-state index >= 15 is 0 Å². The fraction of sp³-hybridized carbons (Fsp3) is 0.562. The number of benzene rings is 1. The van der Waals surface area contributed by atoms with Crippen LogP contribution in [0.1, 0.15) is 31.2 Å². The second-order valence-electron chi connectivity index (χ2n) is 6.03. The van der Waals surface area contributed by atoms with Gasteiger partial charge in [-0.05, 0) is 25.3 Å². The van der Waals surface area contributed by atoms with Gasteiger partial charge < -0.3 is 15.3 Å². The molecule has 4 nitrogen and oxygen atoms in total. The quantitative estimate of drug-likeness (QED) is 0.871. The van der Waals surface area contributed by atoms with Gasteiger partial charge in [-0.1, -0.05) is 30.3 Å². The Bertz CT molecular complexity index is 482. The summed E-state index contributed by atoms with van der Waals surface area (Å²) in [5, 5.41) is 12.7. The van der Waals surface area contributed by atoms with Crippen LogP contribution in [0.15, 0.2) is 30.3 Å². The number of carbonyl (C=O) groups is 1. The number of rotatable bonds is 2. The van der Waals surface area contributed by atoms with Gasteiger partial charge in [0.05, 0.1) is 12.1 Å². The number of hydrogen-bond donors (Lipinski definition) is 2. The first kappa shape index (κ1) is 16.3. The third kappa shape index (κ3) is 3.39. The summed E-state index contributed by atoms with van der Waals surface area (Å²) in [6, 6.07) is 10.5. The van der Waals surface area contributed by atoms with Crippen LogP contribution in [0.3, 0.4) is 0 Å². The normalized spacial score (nSPS) is 32.0. The Morgan fingerprint density at radius 3 is 2.62 bits per heavy atom. The van der Waals surface area contributed by atoms with Crippen molar-refractivity contribution in [3.05, 3.63) is 35.9 Å². The third-order valence-electron chi connectivity index (χ3n) is 4.53. The zero-order valence-electron chi connectivity index (χ0n) is 12.2. The summed E-state index contributed by atoms with van der Waals surface area (Å²) < 4.78 is 0. The second-order valence-corrected chi connectivity index (χ2v) is 6.03. The van der Waals surface area contributed by atoms with Crippen molar-refractivity contribution in [2.75, 3.05) is 13.1 Å². The van der Waals surface area contributed by atoms with Gasteiger partial charge >= 0.3 is 0 Å². The number of aliphatic hydroxyl groups excluding tert-OH is 1. The number of nitrogens with zero attached hydrogens (tertiary/aromatic N) is 1. The van der Waals surface area contributed by atoms with E-state index in [-0.39, 0.29) is 36.5 Å². The van der Waals surface area contributed by atoms with Crippen molar-refractivity contribution in [3.8, 4) is 0 Å². The molecule has 116 valence electrons. The molecule has 2 heterocycles. The Labute approximate surface area is 131 Å². The predicted molar refractivity (Wildman–Crippen MR) is 84.6 cm³/mol. The third-order valence-corrected chi connectivity index (χ3v) is 4.53. The van der Waals surface area contributed by atoms with Crippen molar-refractivity contribution in [2.24, 2.45) is 0 Å². The molecule has 21 heavy (non-hydrogen) atoms. The summed E-state index contributed by atoms with van der Waals surface area (Å²) in [5.74, 6) is 0.578. The van der Waals surface area contributed by atoms with Crippen molar-refractivity contribution < 1.29 is 9.90 Å². The minimum atomic E-state index is -0.383. The molecule has 1 amide bonds. The molecule has 3 rings (SSSR count). The molecule has 1 aromatic rings. The molecule has 1 aromatic carbocycles. The zero-order valence-corrected chi connectivity index (χ0v) is 13.1. The van der Waals surface area contributed by atoms with Gasteiger partial charge in [0, 0.05) is 25.0 Å². The first-order valence-electron chi connectivity index (χ1n) is 7.42. The lowest BCUT2D eigenvalue weighted by molar-refractivity contribution is -0.133. The fourth-order valence-electron chi connectivity index (χ4n) is 3.41. The van der Waals surface area contributed by atoms with Crippen LogP contribution >= 0.6 is 12.4 Å². The van der Waals surface area contributed by atoms with Crippen LogP contribution < -0.4 is 5.32 Å².